The zero-order valence-electron chi connectivity index (χ0n) is 46.5. The Balaban J connectivity index is 0.921. The number of likely N-dealkylation sites (N-methyl/N-ethyl adjacent to an activating group) is 1. The van der Waals surface area contributed by atoms with E-state index in [-0.39, 0.29) is 11.2 Å². The maximum atomic E-state index is 9.56. The lowest BCUT2D eigenvalue weighted by Crippen LogP contribution is -2.27. The van der Waals surface area contributed by atoms with Gasteiger partial charge in [0.05, 0.1) is 16.3 Å². The summed E-state index contributed by atoms with van der Waals surface area (Å²) in [6.45, 7) is 15.9. The summed E-state index contributed by atoms with van der Waals surface area (Å²) in [5.74, 6) is 15.3. The minimum absolute atomic E-state index is 0.0657. The van der Waals surface area contributed by atoms with E-state index in [4.69, 9.17) is 4.74 Å². The summed E-state index contributed by atoms with van der Waals surface area (Å²) in [5, 5.41) is 9.56. The Morgan fingerprint density at radius 2 is 0.948 bits per heavy atom. The average Bonchev–Trinajstić information content (AvgIpc) is 4.24. The van der Waals surface area contributed by atoms with Gasteiger partial charge in [-0.15, -0.1) is 22.7 Å². The molecule has 0 aliphatic heterocycles. The number of anilines is 2. The molecule has 5 aromatic carbocycles. The van der Waals surface area contributed by atoms with Crippen molar-refractivity contribution in [2.24, 2.45) is 0 Å². The zero-order chi connectivity index (χ0) is 53.7. The summed E-state index contributed by atoms with van der Waals surface area (Å²) in [6, 6.07) is 47.4. The van der Waals surface area contributed by atoms with Crippen LogP contribution in [0.1, 0.15) is 177 Å². The maximum absolute atomic E-state index is 9.56. The van der Waals surface area contributed by atoms with E-state index in [2.05, 4.69) is 202 Å². The van der Waals surface area contributed by atoms with E-state index in [1.54, 1.807) is 46.9 Å². The van der Waals surface area contributed by atoms with Crippen LogP contribution in [0.25, 0.3) is 35.4 Å². The summed E-state index contributed by atoms with van der Waals surface area (Å²) >= 11 is 3.49. The Bertz CT molecular complexity index is 3110. The van der Waals surface area contributed by atoms with Crippen molar-refractivity contribution in [1.82, 2.24) is 0 Å². The van der Waals surface area contributed by atoms with Crippen LogP contribution in [-0.4, -0.2) is 37.9 Å². The number of benzene rings is 5. The molecule has 2 heterocycles. The lowest BCUT2D eigenvalue weighted by atomic mass is 9.70. The van der Waals surface area contributed by atoms with E-state index in [0.717, 1.165) is 84.1 Å². The first-order valence-electron chi connectivity index (χ1n) is 28.8. The van der Waals surface area contributed by atoms with E-state index < -0.39 is 0 Å². The molecule has 2 aromatic heterocycles. The van der Waals surface area contributed by atoms with E-state index in [1.165, 1.54) is 113 Å². The SMILES string of the molecule is CCCCCCN(CCCCCC)c1ccc(C=Cc2ccc(C#Cc3ccc4c(c3)C(CCCC)(CCCC)c3cc(C#Cc5ccc(C=Cc6ccc(N(CC)CCOc7ccc(O)cc7)cc6)s5)ccc3-4)s2)cc1. The van der Waals surface area contributed by atoms with Gasteiger partial charge in [0.1, 0.15) is 18.1 Å². The monoisotopic (exact) mass is 1060 g/mol. The van der Waals surface area contributed by atoms with Crippen molar-refractivity contribution < 1.29 is 9.84 Å². The number of thiophene rings is 2. The molecule has 0 radical (unpaired) electrons. The first-order valence-corrected chi connectivity index (χ1v) is 30.5. The van der Waals surface area contributed by atoms with Gasteiger partial charge in [0.2, 0.25) is 0 Å². The summed E-state index contributed by atoms with van der Waals surface area (Å²) in [6.07, 6.45) is 26.1. The molecule has 7 aromatic rings. The minimum atomic E-state index is -0.0657. The summed E-state index contributed by atoms with van der Waals surface area (Å²) < 4.78 is 5.91. The first-order chi connectivity index (χ1) is 37.8. The topological polar surface area (TPSA) is 35.9 Å². The molecule has 1 aliphatic rings. The highest BCUT2D eigenvalue weighted by Crippen LogP contribution is 2.54. The number of unbranched alkanes of at least 4 members (excludes halogenated alkanes) is 8. The quantitative estimate of drug-likeness (QED) is 0.0411. The fourth-order valence-electron chi connectivity index (χ4n) is 10.6. The van der Waals surface area contributed by atoms with Crippen molar-refractivity contribution in [3.63, 3.8) is 0 Å². The standard InChI is InChI=1S/C71H80N2O2S2/c1-6-11-15-17-49-73(50-18-16-12-7-2)60-31-21-56(22-32-60)24-38-64-42-44-66(77-64)40-26-58-28-46-68-67-45-27-57(53-69(67)71(47-13-8-3,48-14-9-4)70(68)54-58)25-39-65-43-41-63(76-65)37-23-55-19-29-59(30-20-55)72(10-5)51-52-75-62-35-33-61(74)34-36-62/h19-24,27-38,41-46,53-54,74H,6-18,47-52H2,1-5H3. The van der Waals surface area contributed by atoms with Crippen molar-refractivity contribution in [3.8, 4) is 46.3 Å². The molecule has 4 nitrogen and oxygen atoms in total. The number of ether oxygens (including phenoxy) is 1. The van der Waals surface area contributed by atoms with E-state index in [9.17, 15) is 5.11 Å². The van der Waals surface area contributed by atoms with Crippen LogP contribution >= 0.6 is 22.7 Å². The number of rotatable bonds is 27. The Morgan fingerprint density at radius 1 is 0.468 bits per heavy atom. The molecule has 0 amide bonds. The normalized spacial score (nSPS) is 12.3. The van der Waals surface area contributed by atoms with Crippen LogP contribution < -0.4 is 14.5 Å². The molecular weight excluding hydrogens is 977 g/mol. The summed E-state index contributed by atoms with van der Waals surface area (Å²) in [4.78, 5) is 9.46. The Morgan fingerprint density at radius 3 is 1.42 bits per heavy atom. The molecule has 1 N–H and O–H groups in total. The van der Waals surface area contributed by atoms with Gasteiger partial charge in [-0.25, -0.2) is 0 Å². The third-order valence-electron chi connectivity index (χ3n) is 15.0. The second-order valence-corrected chi connectivity index (χ2v) is 22.8. The molecule has 0 saturated heterocycles. The highest BCUT2D eigenvalue weighted by atomic mass is 32.1. The number of phenolic OH excluding ortho intramolecular Hbond substituents is 1. The molecule has 1 aliphatic carbocycles. The fraction of sp³-hybridized carbons (Fsp3) is 0.352. The zero-order valence-corrected chi connectivity index (χ0v) is 48.1. The number of fused-ring (bicyclic) bond motifs is 3. The van der Waals surface area contributed by atoms with Crippen LogP contribution in [0.5, 0.6) is 11.5 Å². The van der Waals surface area contributed by atoms with Gasteiger partial charge in [0.15, 0.2) is 0 Å². The Kier molecular flexibility index (Phi) is 21.4. The van der Waals surface area contributed by atoms with Gasteiger partial charge in [-0.05, 0) is 175 Å². The highest BCUT2D eigenvalue weighted by molar-refractivity contribution is 7.13. The van der Waals surface area contributed by atoms with Crippen LogP contribution in [0.4, 0.5) is 11.4 Å². The summed E-state index contributed by atoms with van der Waals surface area (Å²) in [7, 11) is 0. The van der Waals surface area contributed by atoms with Crippen molar-refractivity contribution in [1.29, 1.82) is 0 Å². The smallest absolute Gasteiger partial charge is 0.119 e. The van der Waals surface area contributed by atoms with Crippen molar-refractivity contribution in [3.05, 3.63) is 186 Å². The van der Waals surface area contributed by atoms with Crippen LogP contribution in [0, 0.1) is 23.7 Å². The van der Waals surface area contributed by atoms with E-state index >= 15 is 0 Å². The number of hydrogen-bond donors (Lipinski definition) is 1. The minimum Gasteiger partial charge on any atom is -0.508 e. The van der Waals surface area contributed by atoms with E-state index in [0.29, 0.717) is 6.61 Å². The maximum Gasteiger partial charge on any atom is 0.119 e. The largest absolute Gasteiger partial charge is 0.508 e. The number of aromatic hydroxyl groups is 1. The van der Waals surface area contributed by atoms with Gasteiger partial charge in [-0.2, -0.15) is 0 Å². The lowest BCUT2D eigenvalue weighted by Gasteiger charge is -2.33. The third-order valence-corrected chi connectivity index (χ3v) is 16.9. The van der Waals surface area contributed by atoms with Crippen LogP contribution in [0.3, 0.4) is 0 Å². The molecular formula is C71H80N2O2S2. The predicted octanol–water partition coefficient (Wildman–Crippen LogP) is 19.2. The van der Waals surface area contributed by atoms with Gasteiger partial charge in [-0.1, -0.05) is 164 Å². The molecule has 77 heavy (non-hydrogen) atoms. The molecule has 8 rings (SSSR count). The highest BCUT2D eigenvalue weighted by Gasteiger charge is 2.42. The third kappa shape index (κ3) is 15.7. The van der Waals surface area contributed by atoms with Gasteiger partial charge in [0.25, 0.3) is 0 Å². The molecule has 0 atom stereocenters. The van der Waals surface area contributed by atoms with Gasteiger partial charge < -0.3 is 19.6 Å². The van der Waals surface area contributed by atoms with Crippen LogP contribution in [0.15, 0.2) is 133 Å². The van der Waals surface area contributed by atoms with Crippen molar-refractivity contribution in [2.45, 2.75) is 130 Å². The molecule has 398 valence electrons. The second kappa shape index (κ2) is 29.2. The van der Waals surface area contributed by atoms with E-state index in [1.807, 2.05) is 0 Å². The van der Waals surface area contributed by atoms with Crippen molar-refractivity contribution >= 4 is 58.4 Å². The second-order valence-electron chi connectivity index (χ2n) is 20.6. The molecule has 0 spiro atoms. The fourth-order valence-corrected chi connectivity index (χ4v) is 12.2. The van der Waals surface area contributed by atoms with Gasteiger partial charge in [0, 0.05) is 57.3 Å². The lowest BCUT2D eigenvalue weighted by molar-refractivity contribution is 0.323. The number of hydrogen-bond acceptors (Lipinski definition) is 6. The molecule has 0 fully saturated rings. The van der Waals surface area contributed by atoms with Gasteiger partial charge in [-0.3, -0.25) is 0 Å². The number of phenols is 1. The van der Waals surface area contributed by atoms with Gasteiger partial charge >= 0.3 is 0 Å². The first kappa shape index (κ1) is 56.5. The molecule has 0 unspecified atom stereocenters. The van der Waals surface area contributed by atoms with Crippen molar-refractivity contribution in [2.75, 3.05) is 42.6 Å². The molecule has 0 bridgehead atoms. The summed E-state index contributed by atoms with van der Waals surface area (Å²) in [5.41, 5.74) is 12.5. The Labute approximate surface area is 470 Å². The molecule has 6 heteroatoms. The average molecular weight is 1060 g/mol. The van der Waals surface area contributed by atoms with Crippen LogP contribution in [0.2, 0.25) is 0 Å². The predicted molar refractivity (Wildman–Crippen MR) is 335 cm³/mol. The number of nitrogens with zero attached hydrogens (tertiary/aromatic N) is 2. The van der Waals surface area contributed by atoms with Crippen LogP contribution in [-0.2, 0) is 5.41 Å². The Hall–Kier alpha value is -6.70. The molecule has 0 saturated carbocycles.